The number of hydrogen-bond donors (Lipinski definition) is 2. The van der Waals surface area contributed by atoms with E-state index in [1.165, 1.54) is 6.21 Å². The van der Waals surface area contributed by atoms with Crippen molar-refractivity contribution in [2.75, 3.05) is 12.4 Å². The molecule has 3 heterocycles. The zero-order chi connectivity index (χ0) is 28.8. The van der Waals surface area contributed by atoms with Crippen LogP contribution in [0, 0.1) is 12.3 Å². The Bertz CT molecular complexity index is 1770. The summed E-state index contributed by atoms with van der Waals surface area (Å²) in [5.41, 5.74) is 5.53. The number of ether oxygens (including phenoxy) is 2. The van der Waals surface area contributed by atoms with Crippen molar-refractivity contribution in [2.24, 2.45) is 0 Å². The summed E-state index contributed by atoms with van der Waals surface area (Å²) in [6.45, 7) is 2.14. The highest BCUT2D eigenvalue weighted by Gasteiger charge is 2.15. The molecule has 0 bridgehead atoms. The number of aldehydes is 2. The summed E-state index contributed by atoms with van der Waals surface area (Å²) < 4.78 is 11.9. The van der Waals surface area contributed by atoms with E-state index in [0.29, 0.717) is 35.5 Å². The molecular weight excluding hydrogens is 518 g/mol. The lowest BCUT2D eigenvalue weighted by Crippen LogP contribution is -2.06. The Morgan fingerprint density at radius 3 is 2.27 bits per heavy atom. The van der Waals surface area contributed by atoms with Crippen LogP contribution in [0.3, 0.4) is 0 Å². The van der Waals surface area contributed by atoms with Gasteiger partial charge in [0, 0.05) is 52.9 Å². The van der Waals surface area contributed by atoms with Gasteiger partial charge in [0.2, 0.25) is 0 Å². The van der Waals surface area contributed by atoms with Crippen molar-refractivity contribution in [1.82, 2.24) is 15.0 Å². The number of benzene rings is 2. The fourth-order valence-corrected chi connectivity index (χ4v) is 4.63. The Hall–Kier alpha value is -5.44. The quantitative estimate of drug-likeness (QED) is 0.157. The second kappa shape index (κ2) is 12.2. The molecule has 0 fully saturated rings. The number of pyridine rings is 3. The van der Waals surface area contributed by atoms with Gasteiger partial charge in [-0.05, 0) is 36.6 Å². The molecule has 2 aromatic carbocycles. The normalized spacial score (nSPS) is 10.7. The molecular formula is C32H27N5O4. The topological polar surface area (TPSA) is 127 Å². The Labute approximate surface area is 236 Å². The van der Waals surface area contributed by atoms with E-state index >= 15 is 0 Å². The summed E-state index contributed by atoms with van der Waals surface area (Å²) in [5, 5.41) is 12.5. The monoisotopic (exact) mass is 545 g/mol. The molecule has 3 aromatic heterocycles. The third-order valence-corrected chi connectivity index (χ3v) is 6.62. The van der Waals surface area contributed by atoms with Crippen LogP contribution in [0.15, 0.2) is 72.9 Å². The number of hydrogen-bond acceptors (Lipinski definition) is 9. The predicted molar refractivity (Wildman–Crippen MR) is 157 cm³/mol. The molecule has 0 aliphatic rings. The van der Waals surface area contributed by atoms with E-state index in [1.54, 1.807) is 37.5 Å². The standard InChI is InChI=1S/C32H27N5O4/c1-20-10-12-30(27(16-38)36-20)41-19-29-24-9-4-3-8-23(24)25(15-35-29)26-11-13-31(28(17-39)37-26)40-18-22-7-5-6-21(14-33)32(22)34-2/h3-17,33-34H,18-19H2,1-2H3. The molecule has 0 aliphatic heterocycles. The van der Waals surface area contributed by atoms with E-state index in [4.69, 9.17) is 14.9 Å². The van der Waals surface area contributed by atoms with E-state index in [0.717, 1.165) is 38.8 Å². The van der Waals surface area contributed by atoms with Crippen LogP contribution >= 0.6 is 0 Å². The molecule has 41 heavy (non-hydrogen) atoms. The summed E-state index contributed by atoms with van der Waals surface area (Å²) in [6, 6.07) is 20.4. The lowest BCUT2D eigenvalue weighted by atomic mass is 10.0. The zero-order valence-corrected chi connectivity index (χ0v) is 22.5. The molecule has 9 nitrogen and oxygen atoms in total. The van der Waals surface area contributed by atoms with Gasteiger partial charge in [0.15, 0.2) is 12.6 Å². The molecule has 5 rings (SSSR count). The Morgan fingerprint density at radius 2 is 1.54 bits per heavy atom. The highest BCUT2D eigenvalue weighted by molar-refractivity contribution is 5.97. The average Bonchev–Trinajstić information content (AvgIpc) is 3.02. The molecule has 204 valence electrons. The minimum absolute atomic E-state index is 0.139. The third-order valence-electron chi connectivity index (χ3n) is 6.62. The molecule has 0 unspecified atom stereocenters. The first kappa shape index (κ1) is 27.1. The minimum Gasteiger partial charge on any atom is -0.486 e. The molecule has 5 aromatic rings. The third kappa shape index (κ3) is 5.65. The van der Waals surface area contributed by atoms with Crippen molar-refractivity contribution < 1.29 is 19.1 Å². The van der Waals surface area contributed by atoms with E-state index in [2.05, 4.69) is 20.3 Å². The van der Waals surface area contributed by atoms with E-state index in [1.807, 2.05) is 49.4 Å². The number of nitrogens with one attached hydrogen (secondary N) is 2. The van der Waals surface area contributed by atoms with Crippen LogP contribution in [0.2, 0.25) is 0 Å². The lowest BCUT2D eigenvalue weighted by Gasteiger charge is -2.15. The maximum absolute atomic E-state index is 12.0. The molecule has 0 saturated carbocycles. The van der Waals surface area contributed by atoms with Gasteiger partial charge in [-0.1, -0.05) is 42.5 Å². The van der Waals surface area contributed by atoms with Gasteiger partial charge in [-0.2, -0.15) is 0 Å². The Morgan fingerprint density at radius 1 is 0.829 bits per heavy atom. The van der Waals surface area contributed by atoms with E-state index in [9.17, 15) is 9.59 Å². The van der Waals surface area contributed by atoms with Gasteiger partial charge in [-0.3, -0.25) is 14.6 Å². The number of carbonyl (C=O) groups excluding carboxylic acids is 2. The number of rotatable bonds is 11. The molecule has 0 atom stereocenters. The van der Waals surface area contributed by atoms with Crippen molar-refractivity contribution in [3.8, 4) is 22.8 Å². The molecule has 0 saturated heterocycles. The predicted octanol–water partition coefficient (Wildman–Crippen LogP) is 5.82. The zero-order valence-electron chi connectivity index (χ0n) is 22.5. The molecule has 0 spiro atoms. The van der Waals surface area contributed by atoms with Gasteiger partial charge in [0.1, 0.15) is 36.1 Å². The van der Waals surface area contributed by atoms with Crippen LogP contribution in [0.25, 0.3) is 22.0 Å². The molecule has 9 heteroatoms. The van der Waals surface area contributed by atoms with Gasteiger partial charge in [-0.25, -0.2) is 9.97 Å². The van der Waals surface area contributed by atoms with Crippen LogP contribution in [0.1, 0.15) is 43.5 Å². The second-order valence-electron chi connectivity index (χ2n) is 9.17. The number of nitrogens with zero attached hydrogens (tertiary/aromatic N) is 3. The number of para-hydroxylation sites is 1. The molecule has 2 N–H and O–H groups in total. The van der Waals surface area contributed by atoms with Crippen molar-refractivity contribution >= 4 is 35.2 Å². The molecule has 0 amide bonds. The van der Waals surface area contributed by atoms with Crippen LogP contribution in [-0.4, -0.2) is 40.8 Å². The number of anilines is 1. The summed E-state index contributed by atoms with van der Waals surface area (Å²) in [7, 11) is 1.79. The SMILES string of the molecule is CNc1c(C=N)cccc1COc1ccc(-c2cnc(COc3ccc(C)nc3C=O)c3ccccc23)nc1C=O. The molecule has 0 aliphatic carbocycles. The highest BCUT2D eigenvalue weighted by atomic mass is 16.5. The van der Waals surface area contributed by atoms with Gasteiger partial charge < -0.3 is 20.2 Å². The van der Waals surface area contributed by atoms with E-state index < -0.39 is 0 Å². The van der Waals surface area contributed by atoms with Crippen molar-refractivity contribution in [2.45, 2.75) is 20.1 Å². The van der Waals surface area contributed by atoms with Gasteiger partial charge in [0.05, 0.1) is 11.4 Å². The van der Waals surface area contributed by atoms with E-state index in [-0.39, 0.29) is 24.6 Å². The highest BCUT2D eigenvalue weighted by Crippen LogP contribution is 2.31. The maximum atomic E-state index is 12.0. The smallest absolute Gasteiger partial charge is 0.172 e. The fraction of sp³-hybridized carbons (Fsp3) is 0.125. The van der Waals surface area contributed by atoms with Crippen molar-refractivity contribution in [3.05, 3.63) is 107 Å². The van der Waals surface area contributed by atoms with Gasteiger partial charge >= 0.3 is 0 Å². The van der Waals surface area contributed by atoms with Crippen LogP contribution in [0.4, 0.5) is 5.69 Å². The number of fused-ring (bicyclic) bond motifs is 1. The average molecular weight is 546 g/mol. The number of aromatic nitrogens is 3. The van der Waals surface area contributed by atoms with Crippen LogP contribution < -0.4 is 14.8 Å². The number of aryl methyl sites for hydroxylation is 1. The first-order chi connectivity index (χ1) is 20.1. The van der Waals surface area contributed by atoms with Crippen molar-refractivity contribution in [1.29, 1.82) is 5.41 Å². The molecule has 0 radical (unpaired) electrons. The maximum Gasteiger partial charge on any atom is 0.172 e. The summed E-state index contributed by atoms with van der Waals surface area (Å²) in [6.07, 6.45) is 4.33. The Kier molecular flexibility index (Phi) is 8.05. The number of carbonyl (C=O) groups is 2. The largest absolute Gasteiger partial charge is 0.486 e. The second-order valence-corrected chi connectivity index (χ2v) is 9.17. The van der Waals surface area contributed by atoms with Gasteiger partial charge in [0.25, 0.3) is 0 Å². The van der Waals surface area contributed by atoms with Gasteiger partial charge in [-0.15, -0.1) is 0 Å². The lowest BCUT2D eigenvalue weighted by molar-refractivity contribution is 0.110. The minimum atomic E-state index is 0.139. The van der Waals surface area contributed by atoms with Crippen LogP contribution in [-0.2, 0) is 13.2 Å². The summed E-state index contributed by atoms with van der Waals surface area (Å²) in [5.74, 6) is 0.742. The summed E-state index contributed by atoms with van der Waals surface area (Å²) >= 11 is 0. The van der Waals surface area contributed by atoms with Crippen molar-refractivity contribution in [3.63, 3.8) is 0 Å². The Balaban J connectivity index is 1.42. The first-order valence-corrected chi connectivity index (χ1v) is 12.9. The summed E-state index contributed by atoms with van der Waals surface area (Å²) in [4.78, 5) is 36.9. The van der Waals surface area contributed by atoms with Crippen LogP contribution in [0.5, 0.6) is 11.5 Å². The fourth-order valence-electron chi connectivity index (χ4n) is 4.63. The first-order valence-electron chi connectivity index (χ1n) is 12.9.